The molecular formula is C11H18N2O3S2. The molecule has 2 heterocycles. The Morgan fingerprint density at radius 2 is 2.33 bits per heavy atom. The predicted octanol–water partition coefficient (Wildman–Crippen LogP) is 0.925. The van der Waals surface area contributed by atoms with E-state index in [0.717, 1.165) is 16.2 Å². The number of likely N-dealkylation sites (N-methyl/N-ethyl adjacent to an activating group) is 1. The van der Waals surface area contributed by atoms with Crippen molar-refractivity contribution in [1.29, 1.82) is 0 Å². The third-order valence-corrected chi connectivity index (χ3v) is 6.44. The molecule has 2 rings (SSSR count). The van der Waals surface area contributed by atoms with Crippen molar-refractivity contribution in [2.24, 2.45) is 5.73 Å². The second kappa shape index (κ2) is 5.26. The van der Waals surface area contributed by atoms with Crippen molar-refractivity contribution in [3.63, 3.8) is 0 Å². The predicted molar refractivity (Wildman–Crippen MR) is 71.1 cm³/mol. The maximum atomic E-state index is 12.5. The summed E-state index contributed by atoms with van der Waals surface area (Å²) in [5.41, 5.74) is 5.56. The summed E-state index contributed by atoms with van der Waals surface area (Å²) in [4.78, 5) is 2.06. The van der Waals surface area contributed by atoms with Gasteiger partial charge in [-0.2, -0.15) is 4.31 Å². The van der Waals surface area contributed by atoms with E-state index in [1.807, 2.05) is 6.92 Å². The molecule has 5 nitrogen and oxygen atoms in total. The first-order valence-corrected chi connectivity index (χ1v) is 8.07. The molecular weight excluding hydrogens is 272 g/mol. The maximum absolute atomic E-state index is 12.5. The lowest BCUT2D eigenvalue weighted by atomic mass is 10.3. The van der Waals surface area contributed by atoms with Crippen LogP contribution in [0.25, 0.3) is 0 Å². The van der Waals surface area contributed by atoms with E-state index in [0.29, 0.717) is 24.7 Å². The zero-order valence-electron chi connectivity index (χ0n) is 10.5. The summed E-state index contributed by atoms with van der Waals surface area (Å²) in [6.07, 6.45) is 0.753. The van der Waals surface area contributed by atoms with E-state index >= 15 is 0 Å². The van der Waals surface area contributed by atoms with Crippen molar-refractivity contribution in [2.45, 2.75) is 30.8 Å². The Balaban J connectivity index is 2.31. The van der Waals surface area contributed by atoms with Gasteiger partial charge in [0.1, 0.15) is 0 Å². The molecule has 102 valence electrons. The van der Waals surface area contributed by atoms with Gasteiger partial charge in [-0.05, 0) is 19.4 Å². The summed E-state index contributed by atoms with van der Waals surface area (Å²) >= 11 is 1.44. The molecule has 1 saturated heterocycles. The van der Waals surface area contributed by atoms with Gasteiger partial charge in [0.15, 0.2) is 0 Å². The van der Waals surface area contributed by atoms with Crippen LogP contribution >= 0.6 is 11.3 Å². The normalized spacial score (nSPS) is 20.8. The highest BCUT2D eigenvalue weighted by Gasteiger charge is 2.32. The smallest absolute Gasteiger partial charge is 0.244 e. The minimum Gasteiger partial charge on any atom is -0.380 e. The van der Waals surface area contributed by atoms with Gasteiger partial charge in [-0.3, -0.25) is 0 Å². The maximum Gasteiger partial charge on any atom is 0.244 e. The first-order valence-electron chi connectivity index (χ1n) is 5.82. The molecule has 0 radical (unpaired) electrons. The third-order valence-electron chi connectivity index (χ3n) is 3.20. The van der Waals surface area contributed by atoms with Crippen molar-refractivity contribution in [3.8, 4) is 0 Å². The topological polar surface area (TPSA) is 72.6 Å². The monoisotopic (exact) mass is 290 g/mol. The molecule has 2 N–H and O–H groups in total. The van der Waals surface area contributed by atoms with Crippen LogP contribution in [0.5, 0.6) is 0 Å². The summed E-state index contributed by atoms with van der Waals surface area (Å²) in [7, 11) is -1.82. The third kappa shape index (κ3) is 2.46. The first-order chi connectivity index (χ1) is 8.46. The lowest BCUT2D eigenvalue weighted by molar-refractivity contribution is 0.181. The zero-order valence-corrected chi connectivity index (χ0v) is 12.2. The van der Waals surface area contributed by atoms with Crippen LogP contribution in [0.4, 0.5) is 0 Å². The minimum atomic E-state index is -3.43. The van der Waals surface area contributed by atoms with Crippen LogP contribution < -0.4 is 5.73 Å². The van der Waals surface area contributed by atoms with Crippen molar-refractivity contribution >= 4 is 21.4 Å². The fourth-order valence-corrected chi connectivity index (χ4v) is 4.89. The molecule has 1 fully saturated rings. The van der Waals surface area contributed by atoms with E-state index in [9.17, 15) is 8.42 Å². The lowest BCUT2D eigenvalue weighted by Crippen LogP contribution is -2.37. The summed E-state index contributed by atoms with van der Waals surface area (Å²) in [6.45, 7) is 3.29. The molecule has 1 aliphatic rings. The summed E-state index contributed by atoms with van der Waals surface area (Å²) < 4.78 is 31.7. The number of rotatable bonds is 4. The van der Waals surface area contributed by atoms with Gasteiger partial charge in [-0.25, -0.2) is 8.42 Å². The van der Waals surface area contributed by atoms with Gasteiger partial charge in [0.05, 0.1) is 17.5 Å². The van der Waals surface area contributed by atoms with Crippen LogP contribution in [0.15, 0.2) is 11.0 Å². The van der Waals surface area contributed by atoms with Gasteiger partial charge >= 0.3 is 0 Å². The molecule has 0 aromatic carbocycles. The highest BCUT2D eigenvalue weighted by Crippen LogP contribution is 2.29. The molecule has 18 heavy (non-hydrogen) atoms. The average molecular weight is 290 g/mol. The number of ether oxygens (including phenoxy) is 1. The van der Waals surface area contributed by atoms with Crippen LogP contribution in [-0.4, -0.2) is 39.0 Å². The molecule has 1 unspecified atom stereocenters. The van der Waals surface area contributed by atoms with Crippen molar-refractivity contribution < 1.29 is 13.2 Å². The Labute approximate surface area is 112 Å². The standard InChI is InChI=1S/C11H18N2O3S2/c1-8-11(5-10(6-12)17-8)18(14,15)13(2)9-3-4-16-7-9/h5,9H,3-4,6-7,12H2,1-2H3. The number of nitrogens with two attached hydrogens (primary N) is 1. The number of nitrogens with zero attached hydrogens (tertiary/aromatic N) is 1. The second-order valence-electron chi connectivity index (χ2n) is 4.38. The number of aryl methyl sites for hydroxylation is 1. The van der Waals surface area contributed by atoms with Crippen molar-refractivity contribution in [3.05, 3.63) is 15.8 Å². The molecule has 0 saturated carbocycles. The van der Waals surface area contributed by atoms with E-state index in [2.05, 4.69) is 0 Å². The summed E-state index contributed by atoms with van der Waals surface area (Å²) in [5.74, 6) is 0. The molecule has 0 amide bonds. The Hall–Kier alpha value is -0.470. The van der Waals surface area contributed by atoms with Gasteiger partial charge in [-0.1, -0.05) is 0 Å². The zero-order chi connectivity index (χ0) is 13.3. The minimum absolute atomic E-state index is 0.0596. The van der Waals surface area contributed by atoms with Gasteiger partial charge in [0.25, 0.3) is 0 Å². The van der Waals surface area contributed by atoms with Crippen molar-refractivity contribution in [1.82, 2.24) is 4.31 Å². The quantitative estimate of drug-likeness (QED) is 0.895. The molecule has 1 atom stereocenters. The molecule has 0 bridgehead atoms. The average Bonchev–Trinajstić information content (AvgIpc) is 2.96. The van der Waals surface area contributed by atoms with Gasteiger partial charge in [-0.15, -0.1) is 11.3 Å². The largest absolute Gasteiger partial charge is 0.380 e. The van der Waals surface area contributed by atoms with Crippen LogP contribution in [-0.2, 0) is 21.3 Å². The van der Waals surface area contributed by atoms with Crippen LogP contribution in [0.1, 0.15) is 16.2 Å². The van der Waals surface area contributed by atoms with Crippen molar-refractivity contribution in [2.75, 3.05) is 20.3 Å². The first kappa shape index (κ1) is 14.0. The van der Waals surface area contributed by atoms with Crippen LogP contribution in [0.2, 0.25) is 0 Å². The highest BCUT2D eigenvalue weighted by molar-refractivity contribution is 7.89. The summed E-state index contributed by atoms with van der Waals surface area (Å²) in [5, 5.41) is 0. The van der Waals surface area contributed by atoms with E-state index in [-0.39, 0.29) is 6.04 Å². The van der Waals surface area contributed by atoms with Crippen LogP contribution in [0, 0.1) is 6.92 Å². The van der Waals surface area contributed by atoms with Gasteiger partial charge in [0, 0.05) is 30.0 Å². The van der Waals surface area contributed by atoms with Gasteiger partial charge < -0.3 is 10.5 Å². The molecule has 0 aliphatic carbocycles. The van der Waals surface area contributed by atoms with E-state index in [4.69, 9.17) is 10.5 Å². The molecule has 1 aromatic heterocycles. The number of hydrogen-bond acceptors (Lipinski definition) is 5. The van der Waals surface area contributed by atoms with E-state index < -0.39 is 10.0 Å². The van der Waals surface area contributed by atoms with E-state index in [1.165, 1.54) is 15.6 Å². The number of thiophene rings is 1. The lowest BCUT2D eigenvalue weighted by Gasteiger charge is -2.22. The fourth-order valence-electron chi connectivity index (χ4n) is 2.04. The molecule has 1 aromatic rings. The number of sulfonamides is 1. The van der Waals surface area contributed by atoms with E-state index in [1.54, 1.807) is 13.1 Å². The summed E-state index contributed by atoms with van der Waals surface area (Å²) in [6, 6.07) is 1.62. The molecule has 0 spiro atoms. The fraction of sp³-hybridized carbons (Fsp3) is 0.636. The highest BCUT2D eigenvalue weighted by atomic mass is 32.2. The number of hydrogen-bond donors (Lipinski definition) is 1. The Bertz CT molecular complexity index is 518. The Morgan fingerprint density at radius 1 is 1.61 bits per heavy atom. The molecule has 1 aliphatic heterocycles. The second-order valence-corrected chi connectivity index (χ2v) is 7.68. The Morgan fingerprint density at radius 3 is 2.83 bits per heavy atom. The molecule has 7 heteroatoms. The SMILES string of the molecule is Cc1sc(CN)cc1S(=O)(=O)N(C)C1CCOC1. The Kier molecular flexibility index (Phi) is 4.08. The van der Waals surface area contributed by atoms with Gasteiger partial charge in [0.2, 0.25) is 10.0 Å². The van der Waals surface area contributed by atoms with Crippen LogP contribution in [0.3, 0.4) is 0 Å².